The van der Waals surface area contributed by atoms with Crippen molar-refractivity contribution in [3.8, 4) is 0 Å². The molecule has 87 heavy (non-hydrogen) atoms. The molecule has 452 valence electrons. The number of nitrogens with zero attached hydrogens (tertiary/aromatic N) is 13. The average Bonchev–Trinajstić information content (AvgIpc) is 2.42. The van der Waals surface area contributed by atoms with E-state index in [2.05, 4.69) is 111 Å². The highest BCUT2D eigenvalue weighted by Crippen LogP contribution is 2.41. The van der Waals surface area contributed by atoms with Gasteiger partial charge in [0.05, 0.1) is 21.0 Å². The maximum atomic E-state index is 13.1. The number of halogens is 3. The number of carbonyl (C=O) groups is 2. The fraction of sp³-hybridized carbons (Fsp3) is 0.403. The average molecular weight is 1270 g/mol. The van der Waals surface area contributed by atoms with Crippen molar-refractivity contribution in [1.29, 1.82) is 0 Å². The minimum atomic E-state index is -0.177. The molecule has 12 rings (SSSR count). The summed E-state index contributed by atoms with van der Waals surface area (Å²) in [6, 6.07) is 39.5. The first-order valence-electron chi connectivity index (χ1n) is 30.1. The number of amides is 2. The minimum Gasteiger partial charge on any atom is -0.368 e. The van der Waals surface area contributed by atoms with Gasteiger partial charge < -0.3 is 44.8 Å². The van der Waals surface area contributed by atoms with Crippen molar-refractivity contribution in [2.24, 2.45) is 0 Å². The van der Waals surface area contributed by atoms with Crippen LogP contribution in [0, 0.1) is 13.1 Å². The molecule has 8 aromatic rings. The van der Waals surface area contributed by atoms with Crippen LogP contribution in [-0.2, 0) is 10.8 Å². The number of benzene rings is 4. The molecule has 7 heterocycles. The molecule has 2 N–H and O–H groups in total. The third-order valence-electron chi connectivity index (χ3n) is 18.1. The standard InChI is InChI=1S/C33H37ClN8O.C20H23BrN6O.C14H16ClN/c1-35-23-33(25-8-10-26(34)11-9-25)16-21-41(22-17-33)29-5-4-18-42-30(29)37-32(38-42)36-27-12-6-24(7-13-27)31(43)40(3)28-14-19-39(2)20-15-28;1-25-12-9-16(10-13-25)26(2)19(28)14-5-7-15(8-6-14)22-20-23-18-17(21)4-3-11-27(18)24-20;1-16-11-14(9-3-2-4-10-14)12-5-7-13(15)8-6-12/h4-13,18,28H,14-17,19-23H2,2-3H3,(H,36,38);3-8,11,16H,9-10,12-13H2,1-2H3,(H,22,24);5-8H,2-4,9-11H2. The lowest BCUT2D eigenvalue weighted by atomic mass is 9.69. The summed E-state index contributed by atoms with van der Waals surface area (Å²) in [5, 5.41) is 17.1. The van der Waals surface area contributed by atoms with E-state index in [1.807, 2.05) is 127 Å². The van der Waals surface area contributed by atoms with E-state index >= 15 is 0 Å². The lowest BCUT2D eigenvalue weighted by molar-refractivity contribution is 0.0652. The van der Waals surface area contributed by atoms with Crippen LogP contribution in [0.15, 0.2) is 138 Å². The lowest BCUT2D eigenvalue weighted by Crippen LogP contribution is -2.44. The van der Waals surface area contributed by atoms with Gasteiger partial charge in [-0.25, -0.2) is 22.2 Å². The second-order valence-corrected chi connectivity index (χ2v) is 25.4. The Morgan fingerprint density at radius 1 is 0.575 bits per heavy atom. The molecular weight excluding hydrogens is 1200 g/mol. The van der Waals surface area contributed by atoms with Gasteiger partial charge in [-0.05, 0) is 216 Å². The van der Waals surface area contributed by atoms with Gasteiger partial charge in [0, 0.05) is 84.2 Å². The minimum absolute atomic E-state index is 0.0506. The molecule has 0 radical (unpaired) electrons. The quantitative estimate of drug-likeness (QED) is 0.106. The third-order valence-corrected chi connectivity index (χ3v) is 19.2. The van der Waals surface area contributed by atoms with Gasteiger partial charge in [0.15, 0.2) is 11.3 Å². The predicted octanol–water partition coefficient (Wildman–Crippen LogP) is 13.6. The Morgan fingerprint density at radius 3 is 1.43 bits per heavy atom. The summed E-state index contributed by atoms with van der Waals surface area (Å²) in [6.07, 6.45) is 15.6. The van der Waals surface area contributed by atoms with E-state index in [0.29, 0.717) is 47.2 Å². The molecule has 1 saturated carbocycles. The van der Waals surface area contributed by atoms with Crippen molar-refractivity contribution >= 4 is 91.2 Å². The first-order chi connectivity index (χ1) is 42.1. The van der Waals surface area contributed by atoms with Gasteiger partial charge in [0.2, 0.25) is 25.0 Å². The topological polar surface area (TPSA) is 144 Å². The third kappa shape index (κ3) is 15.1. The molecule has 4 aromatic heterocycles. The molecule has 4 aromatic carbocycles. The smallest absolute Gasteiger partial charge is 0.253 e. The van der Waals surface area contributed by atoms with E-state index in [-0.39, 0.29) is 28.7 Å². The van der Waals surface area contributed by atoms with Crippen LogP contribution in [0.25, 0.3) is 21.0 Å². The van der Waals surface area contributed by atoms with Crippen LogP contribution >= 0.6 is 39.1 Å². The Bertz CT molecular complexity index is 3680. The summed E-state index contributed by atoms with van der Waals surface area (Å²) in [5.41, 5.74) is 7.98. The van der Waals surface area contributed by atoms with E-state index in [9.17, 15) is 9.59 Å². The summed E-state index contributed by atoms with van der Waals surface area (Å²) in [4.78, 5) is 53.4. The number of hydrogen-bond donors (Lipinski definition) is 2. The highest BCUT2D eigenvalue weighted by Gasteiger charge is 2.40. The highest BCUT2D eigenvalue weighted by atomic mass is 79.9. The molecule has 4 aliphatic rings. The van der Waals surface area contributed by atoms with Crippen LogP contribution in [0.3, 0.4) is 0 Å². The summed E-state index contributed by atoms with van der Waals surface area (Å²) in [7, 11) is 8.07. The summed E-state index contributed by atoms with van der Waals surface area (Å²) < 4.78 is 4.39. The molecule has 0 spiro atoms. The number of piperidine rings is 3. The summed E-state index contributed by atoms with van der Waals surface area (Å²) >= 11 is 15.5. The highest BCUT2D eigenvalue weighted by molar-refractivity contribution is 9.10. The second kappa shape index (κ2) is 28.5. The van der Waals surface area contributed by atoms with Crippen LogP contribution < -0.4 is 15.5 Å². The molecule has 20 heteroatoms. The van der Waals surface area contributed by atoms with Gasteiger partial charge in [-0.1, -0.05) is 66.7 Å². The molecule has 17 nitrogen and oxygen atoms in total. The molecule has 2 amide bonds. The fourth-order valence-electron chi connectivity index (χ4n) is 12.7. The molecule has 0 unspecified atom stereocenters. The SMILES string of the molecule is CN1CCC(N(C)C(=O)c2ccc(Nc3nc4c(Br)cccn4n3)cc2)CC1.[C-]#[N+]CC1(c2ccc(Cl)cc2)CCCCC1.[C-]#[N+]CC1(c2ccc(Cl)cc2)CCN(c2cccn3nc(Nc4ccc(C(=O)N(C)C5CCN(C)CC5)cc4)nc23)CC1. The zero-order valence-electron chi connectivity index (χ0n) is 50.1. The zero-order valence-corrected chi connectivity index (χ0v) is 53.2. The van der Waals surface area contributed by atoms with E-state index in [4.69, 9.17) is 41.3 Å². The largest absolute Gasteiger partial charge is 0.368 e. The van der Waals surface area contributed by atoms with Crippen LogP contribution in [0.5, 0.6) is 0 Å². The molecule has 3 saturated heterocycles. The number of likely N-dealkylation sites (tertiary alicyclic amines) is 2. The first-order valence-corrected chi connectivity index (χ1v) is 31.6. The number of fused-ring (bicyclic) bond motifs is 2. The van der Waals surface area contributed by atoms with Crippen LogP contribution in [-0.4, -0.2) is 153 Å². The summed E-state index contributed by atoms with van der Waals surface area (Å²) in [5.74, 6) is 1.12. The number of nitrogens with one attached hydrogen (secondary N) is 2. The van der Waals surface area contributed by atoms with Crippen molar-refractivity contribution in [1.82, 2.24) is 48.8 Å². The van der Waals surface area contributed by atoms with Crippen molar-refractivity contribution in [3.05, 3.63) is 193 Å². The molecule has 3 aliphatic heterocycles. The van der Waals surface area contributed by atoms with Gasteiger partial charge in [-0.2, -0.15) is 9.97 Å². The molecule has 0 atom stereocenters. The normalized spacial score (nSPS) is 17.2. The molecular formula is C67H76BrCl2N15O2. The van der Waals surface area contributed by atoms with Gasteiger partial charge in [0.25, 0.3) is 11.8 Å². The zero-order chi connectivity index (χ0) is 61.1. The van der Waals surface area contributed by atoms with Crippen molar-refractivity contribution in [2.75, 3.05) is 96.1 Å². The number of hydrogen-bond acceptors (Lipinski definition) is 11. The summed E-state index contributed by atoms with van der Waals surface area (Å²) in [6.45, 7) is 21.6. The van der Waals surface area contributed by atoms with Crippen molar-refractivity contribution in [3.63, 3.8) is 0 Å². The van der Waals surface area contributed by atoms with E-state index < -0.39 is 0 Å². The van der Waals surface area contributed by atoms with Gasteiger partial charge in [0.1, 0.15) is 0 Å². The Hall–Kier alpha value is -7.58. The lowest BCUT2D eigenvalue weighted by Gasteiger charge is -2.40. The Balaban J connectivity index is 0.000000162. The number of anilines is 5. The van der Waals surface area contributed by atoms with Gasteiger partial charge in [-0.3, -0.25) is 9.59 Å². The molecule has 1 aliphatic carbocycles. The van der Waals surface area contributed by atoms with Gasteiger partial charge in [-0.15, -0.1) is 10.2 Å². The second-order valence-electron chi connectivity index (χ2n) is 23.7. The van der Waals surface area contributed by atoms with Crippen molar-refractivity contribution in [2.45, 2.75) is 93.5 Å². The Kier molecular flexibility index (Phi) is 20.5. The van der Waals surface area contributed by atoms with E-state index in [1.165, 1.54) is 30.4 Å². The molecule has 4 fully saturated rings. The number of pyridine rings is 2. The Morgan fingerprint density at radius 2 is 0.989 bits per heavy atom. The van der Waals surface area contributed by atoms with Crippen LogP contribution in [0.4, 0.5) is 29.0 Å². The number of carbonyl (C=O) groups excluding carboxylic acids is 2. The maximum absolute atomic E-state index is 13.1. The Labute approximate surface area is 529 Å². The molecule has 0 bridgehead atoms. The predicted molar refractivity (Wildman–Crippen MR) is 352 cm³/mol. The van der Waals surface area contributed by atoms with Crippen LogP contribution in [0.2, 0.25) is 10.0 Å². The number of rotatable bonds is 13. The number of aromatic nitrogens is 6. The maximum Gasteiger partial charge on any atom is 0.253 e. The fourth-order valence-corrected chi connectivity index (χ4v) is 13.3. The first kappa shape index (κ1) is 62.5. The van der Waals surface area contributed by atoms with E-state index in [1.54, 1.807) is 9.03 Å². The van der Waals surface area contributed by atoms with E-state index in [0.717, 1.165) is 128 Å². The monoisotopic (exact) mass is 1270 g/mol. The van der Waals surface area contributed by atoms with Gasteiger partial charge >= 0.3 is 0 Å². The van der Waals surface area contributed by atoms with Crippen molar-refractivity contribution < 1.29 is 9.59 Å². The van der Waals surface area contributed by atoms with Crippen LogP contribution in [0.1, 0.15) is 102 Å².